The molecule has 3 aromatic rings. The Morgan fingerprint density at radius 1 is 1.11 bits per heavy atom. The fourth-order valence-electron chi connectivity index (χ4n) is 3.55. The number of ether oxygens (including phenoxy) is 2. The summed E-state index contributed by atoms with van der Waals surface area (Å²) < 4.78 is 43.1. The van der Waals surface area contributed by atoms with Gasteiger partial charge in [0.2, 0.25) is 5.95 Å². The van der Waals surface area contributed by atoms with E-state index in [0.717, 1.165) is 61.7 Å². The standard InChI is InChI=1S/C24H28N4O2.C2HF3O2/c1-29-20-7-5-18(6-8-20)9-15-26-24-27-16-12-23(28-24)19-3-2-4-22(17-19)30-21-10-13-25-14-11-21;3-2(4,5)1(6)7/h2-8,12,16-17,21,25H,9-11,13-15H2,1H3,(H,26,27,28);(H,6,7). The minimum Gasteiger partial charge on any atom is -0.497 e. The molecule has 0 aliphatic carbocycles. The molecule has 0 unspecified atom stereocenters. The molecule has 1 aromatic heterocycles. The molecule has 0 spiro atoms. The van der Waals surface area contributed by atoms with Crippen LogP contribution < -0.4 is 20.1 Å². The molecule has 3 N–H and O–H groups in total. The summed E-state index contributed by atoms with van der Waals surface area (Å²) >= 11 is 0. The first kappa shape index (κ1) is 27.7. The lowest BCUT2D eigenvalue weighted by Gasteiger charge is -2.24. The number of carbonyl (C=O) groups is 1. The summed E-state index contributed by atoms with van der Waals surface area (Å²) in [4.78, 5) is 17.9. The summed E-state index contributed by atoms with van der Waals surface area (Å²) in [5.74, 6) is -0.362. The number of anilines is 1. The van der Waals surface area contributed by atoms with Gasteiger partial charge >= 0.3 is 12.1 Å². The number of nitrogens with one attached hydrogen (secondary N) is 2. The second-order valence-electron chi connectivity index (χ2n) is 8.19. The highest BCUT2D eigenvalue weighted by Crippen LogP contribution is 2.25. The molecule has 0 amide bonds. The summed E-state index contributed by atoms with van der Waals surface area (Å²) in [6, 6.07) is 18.2. The number of methoxy groups -OCH3 is 1. The molecular weight excluding hydrogens is 489 g/mol. The predicted octanol–water partition coefficient (Wildman–Crippen LogP) is 4.57. The Labute approximate surface area is 212 Å². The zero-order chi connectivity index (χ0) is 26.7. The van der Waals surface area contributed by atoms with Gasteiger partial charge in [0.15, 0.2) is 0 Å². The molecule has 1 aliphatic heterocycles. The number of carboxylic acid groups (broad SMARTS) is 1. The fourth-order valence-corrected chi connectivity index (χ4v) is 3.55. The average molecular weight is 519 g/mol. The zero-order valence-electron chi connectivity index (χ0n) is 20.3. The number of aromatic nitrogens is 2. The lowest BCUT2D eigenvalue weighted by molar-refractivity contribution is -0.192. The highest BCUT2D eigenvalue weighted by Gasteiger charge is 2.38. The van der Waals surface area contributed by atoms with Gasteiger partial charge in [-0.1, -0.05) is 24.3 Å². The molecule has 1 saturated heterocycles. The van der Waals surface area contributed by atoms with E-state index in [4.69, 9.17) is 19.4 Å². The van der Waals surface area contributed by atoms with Crippen LogP contribution in [0.15, 0.2) is 60.8 Å². The second-order valence-corrected chi connectivity index (χ2v) is 8.19. The predicted molar refractivity (Wildman–Crippen MR) is 133 cm³/mol. The number of piperidine rings is 1. The van der Waals surface area contributed by atoms with Gasteiger partial charge in [0.25, 0.3) is 0 Å². The van der Waals surface area contributed by atoms with Crippen molar-refractivity contribution in [2.24, 2.45) is 0 Å². The van der Waals surface area contributed by atoms with Crippen LogP contribution in [0.4, 0.5) is 19.1 Å². The van der Waals surface area contributed by atoms with E-state index < -0.39 is 12.1 Å². The van der Waals surface area contributed by atoms with Gasteiger partial charge < -0.3 is 25.2 Å². The molecule has 1 fully saturated rings. The van der Waals surface area contributed by atoms with Crippen molar-refractivity contribution in [2.45, 2.75) is 31.5 Å². The lowest BCUT2D eigenvalue weighted by atomic mass is 10.1. The first-order valence-electron chi connectivity index (χ1n) is 11.7. The molecule has 198 valence electrons. The van der Waals surface area contributed by atoms with Gasteiger partial charge in [0.05, 0.1) is 12.8 Å². The largest absolute Gasteiger partial charge is 0.497 e. The fraction of sp³-hybridized carbons (Fsp3) is 0.346. The van der Waals surface area contributed by atoms with Crippen molar-refractivity contribution in [1.29, 1.82) is 0 Å². The van der Waals surface area contributed by atoms with Crippen LogP contribution in [-0.4, -0.2) is 60.1 Å². The van der Waals surface area contributed by atoms with Crippen molar-refractivity contribution in [2.75, 3.05) is 32.1 Å². The van der Waals surface area contributed by atoms with Crippen LogP contribution in [0.1, 0.15) is 18.4 Å². The smallest absolute Gasteiger partial charge is 0.490 e. The van der Waals surface area contributed by atoms with E-state index in [0.29, 0.717) is 5.95 Å². The molecule has 0 radical (unpaired) electrons. The third-order valence-corrected chi connectivity index (χ3v) is 5.47. The van der Waals surface area contributed by atoms with Crippen molar-refractivity contribution in [3.63, 3.8) is 0 Å². The molecule has 2 heterocycles. The van der Waals surface area contributed by atoms with Gasteiger partial charge in [-0.15, -0.1) is 0 Å². The molecule has 37 heavy (non-hydrogen) atoms. The number of benzene rings is 2. The minimum absolute atomic E-state index is 0.280. The van der Waals surface area contributed by atoms with E-state index in [2.05, 4.69) is 44.9 Å². The number of alkyl halides is 3. The third kappa shape index (κ3) is 9.26. The highest BCUT2D eigenvalue weighted by molar-refractivity contribution is 5.73. The Kier molecular flexibility index (Phi) is 10.1. The molecule has 1 aliphatic rings. The number of hydrogen-bond donors (Lipinski definition) is 3. The minimum atomic E-state index is -5.08. The number of rotatable bonds is 8. The van der Waals surface area contributed by atoms with Gasteiger partial charge in [0, 0.05) is 18.3 Å². The lowest BCUT2D eigenvalue weighted by Crippen LogP contribution is -2.34. The number of nitrogens with zero attached hydrogens (tertiary/aromatic N) is 2. The van der Waals surface area contributed by atoms with Gasteiger partial charge in [0.1, 0.15) is 17.6 Å². The monoisotopic (exact) mass is 518 g/mol. The maximum Gasteiger partial charge on any atom is 0.490 e. The van der Waals surface area contributed by atoms with Crippen LogP contribution in [0.2, 0.25) is 0 Å². The van der Waals surface area contributed by atoms with E-state index >= 15 is 0 Å². The maximum absolute atomic E-state index is 10.6. The van der Waals surface area contributed by atoms with E-state index in [1.54, 1.807) is 13.3 Å². The van der Waals surface area contributed by atoms with E-state index in [1.807, 2.05) is 30.3 Å². The zero-order valence-corrected chi connectivity index (χ0v) is 20.3. The number of hydrogen-bond acceptors (Lipinski definition) is 7. The molecule has 11 heteroatoms. The van der Waals surface area contributed by atoms with Crippen LogP contribution in [0.5, 0.6) is 11.5 Å². The van der Waals surface area contributed by atoms with Crippen molar-refractivity contribution in [1.82, 2.24) is 15.3 Å². The van der Waals surface area contributed by atoms with Gasteiger partial charge in [-0.2, -0.15) is 13.2 Å². The van der Waals surface area contributed by atoms with Crippen LogP contribution in [0, 0.1) is 0 Å². The summed E-state index contributed by atoms with van der Waals surface area (Å²) in [6.45, 7) is 2.79. The first-order chi connectivity index (χ1) is 17.7. The summed E-state index contributed by atoms with van der Waals surface area (Å²) in [6.07, 6.45) is -0.0442. The topological polar surface area (TPSA) is 106 Å². The van der Waals surface area contributed by atoms with Crippen LogP contribution in [0.3, 0.4) is 0 Å². The summed E-state index contributed by atoms with van der Waals surface area (Å²) in [5, 5.41) is 13.8. The molecule has 2 aromatic carbocycles. The first-order valence-corrected chi connectivity index (χ1v) is 11.7. The molecule has 0 atom stereocenters. The quantitative estimate of drug-likeness (QED) is 0.398. The van der Waals surface area contributed by atoms with Gasteiger partial charge in [-0.25, -0.2) is 14.8 Å². The average Bonchev–Trinajstić information content (AvgIpc) is 2.90. The molecule has 4 rings (SSSR count). The van der Waals surface area contributed by atoms with Crippen molar-refractivity contribution in [3.8, 4) is 22.8 Å². The molecule has 0 saturated carbocycles. The third-order valence-electron chi connectivity index (χ3n) is 5.47. The Bertz CT molecular complexity index is 1140. The highest BCUT2D eigenvalue weighted by atomic mass is 19.4. The van der Waals surface area contributed by atoms with Gasteiger partial charge in [-0.05, 0) is 68.2 Å². The Morgan fingerprint density at radius 2 is 1.81 bits per heavy atom. The Balaban J connectivity index is 0.000000479. The number of carboxylic acids is 1. The molecule has 8 nitrogen and oxygen atoms in total. The van der Waals surface area contributed by atoms with E-state index in [-0.39, 0.29) is 6.10 Å². The molecular formula is C26H29F3N4O4. The van der Waals surface area contributed by atoms with Crippen LogP contribution >= 0.6 is 0 Å². The Hall–Kier alpha value is -3.86. The normalized spacial score (nSPS) is 13.7. The Morgan fingerprint density at radius 3 is 2.46 bits per heavy atom. The van der Waals surface area contributed by atoms with Crippen molar-refractivity contribution in [3.05, 3.63) is 66.4 Å². The second kappa shape index (κ2) is 13.4. The van der Waals surface area contributed by atoms with Gasteiger partial charge in [-0.3, -0.25) is 0 Å². The van der Waals surface area contributed by atoms with Crippen molar-refractivity contribution < 1.29 is 32.5 Å². The number of aliphatic carboxylic acids is 1. The van der Waals surface area contributed by atoms with Crippen molar-refractivity contribution >= 4 is 11.9 Å². The SMILES string of the molecule is COc1ccc(CCNc2nccc(-c3cccc(OC4CCNCC4)c3)n2)cc1.O=C(O)C(F)(F)F. The van der Waals surface area contributed by atoms with E-state index in [1.165, 1.54) is 5.56 Å². The number of halogens is 3. The van der Waals surface area contributed by atoms with Crippen LogP contribution in [-0.2, 0) is 11.2 Å². The van der Waals surface area contributed by atoms with Crippen LogP contribution in [0.25, 0.3) is 11.3 Å². The summed E-state index contributed by atoms with van der Waals surface area (Å²) in [5.41, 5.74) is 3.15. The molecule has 0 bridgehead atoms. The maximum atomic E-state index is 10.6. The van der Waals surface area contributed by atoms with E-state index in [9.17, 15) is 13.2 Å². The summed E-state index contributed by atoms with van der Waals surface area (Å²) in [7, 11) is 1.68.